The van der Waals surface area contributed by atoms with Crippen LogP contribution in [0.1, 0.15) is 163 Å². The van der Waals surface area contributed by atoms with Crippen LogP contribution >= 0.6 is 0 Å². The molecule has 0 amide bonds. The van der Waals surface area contributed by atoms with Gasteiger partial charge >= 0.3 is 5.97 Å². The van der Waals surface area contributed by atoms with Gasteiger partial charge in [0.25, 0.3) is 0 Å². The number of carbonyl (C=O) groups is 2. The van der Waals surface area contributed by atoms with Gasteiger partial charge in [0.2, 0.25) is 0 Å². The second-order valence-electron chi connectivity index (χ2n) is 12.2. The van der Waals surface area contributed by atoms with Gasteiger partial charge < -0.3 is 14.7 Å². The summed E-state index contributed by atoms with van der Waals surface area (Å²) in [6, 6.07) is 3.73. The maximum Gasteiger partial charge on any atom is 0.335 e. The largest absolute Gasteiger partial charge is 0.872 e. The van der Waals surface area contributed by atoms with Crippen LogP contribution < -0.4 is 5.11 Å². The van der Waals surface area contributed by atoms with Crippen molar-refractivity contribution in [3.63, 3.8) is 0 Å². The van der Waals surface area contributed by atoms with Gasteiger partial charge in [0, 0.05) is 12.0 Å². The van der Waals surface area contributed by atoms with E-state index in [1.165, 1.54) is 115 Å². The molecule has 0 bridgehead atoms. The smallest absolute Gasteiger partial charge is 0.335 e. The van der Waals surface area contributed by atoms with Crippen LogP contribution in [0, 0.1) is 0 Å². The summed E-state index contributed by atoms with van der Waals surface area (Å²) >= 11 is 0. The molecule has 0 atom stereocenters. The number of quaternary nitrogens is 1. The van der Waals surface area contributed by atoms with Crippen molar-refractivity contribution in [3.8, 4) is 5.75 Å². The number of hydrogen-bond donors (Lipinski definition) is 1. The summed E-state index contributed by atoms with van der Waals surface area (Å²) in [5.74, 6) is -1.95. The first-order valence-corrected chi connectivity index (χ1v) is 16.0. The Hall–Kier alpha value is -1.88. The van der Waals surface area contributed by atoms with Crippen molar-refractivity contribution in [3.05, 3.63) is 29.3 Å². The van der Waals surface area contributed by atoms with E-state index in [4.69, 9.17) is 5.11 Å². The van der Waals surface area contributed by atoms with E-state index in [-0.39, 0.29) is 11.3 Å². The SMILES string of the molecule is CCCCCCCC(=O)c1ccc([O-])c(C(=O)O)c1.CCCCCCCCCCCCCCCC[N+](C)(C)C. The number of Topliss-reactive ketones (excluding diaryl/α,β-unsaturated/α-hetero) is 1. The molecule has 0 aromatic heterocycles. The van der Waals surface area contributed by atoms with Crippen LogP contribution in [0.15, 0.2) is 18.2 Å². The van der Waals surface area contributed by atoms with Gasteiger partial charge in [-0.25, -0.2) is 4.79 Å². The first kappa shape index (κ1) is 37.1. The number of carboxylic acids is 1. The molecule has 5 nitrogen and oxygen atoms in total. The highest BCUT2D eigenvalue weighted by Gasteiger charge is 2.10. The van der Waals surface area contributed by atoms with Crippen LogP contribution in [0.2, 0.25) is 0 Å². The minimum atomic E-state index is -1.29. The van der Waals surface area contributed by atoms with Crippen LogP contribution in [0.4, 0.5) is 0 Å². The van der Waals surface area contributed by atoms with E-state index in [9.17, 15) is 14.7 Å². The highest BCUT2D eigenvalue weighted by atomic mass is 16.4. The third-order valence-electron chi connectivity index (χ3n) is 7.22. The number of hydrogen-bond acceptors (Lipinski definition) is 3. The molecule has 1 rings (SSSR count). The van der Waals surface area contributed by atoms with Gasteiger partial charge in [0.05, 0.1) is 33.3 Å². The van der Waals surface area contributed by atoms with Crippen molar-refractivity contribution in [1.82, 2.24) is 0 Å². The highest BCUT2D eigenvalue weighted by molar-refractivity contribution is 5.99. The Kier molecular flexibility index (Phi) is 22.8. The summed E-state index contributed by atoms with van der Waals surface area (Å²) in [7, 11) is 6.88. The van der Waals surface area contributed by atoms with Crippen molar-refractivity contribution in [2.24, 2.45) is 0 Å². The Bertz CT molecular complexity index is 754. The number of ketones is 1. The van der Waals surface area contributed by atoms with E-state index in [1.807, 2.05) is 0 Å². The molecule has 226 valence electrons. The van der Waals surface area contributed by atoms with Crippen LogP contribution in [0.3, 0.4) is 0 Å². The lowest BCUT2D eigenvalue weighted by Gasteiger charge is -2.23. The number of carboxylic acid groups (broad SMARTS) is 1. The topological polar surface area (TPSA) is 77.4 Å². The Labute approximate surface area is 241 Å². The molecule has 0 aliphatic rings. The van der Waals surface area contributed by atoms with Crippen LogP contribution in [0.25, 0.3) is 0 Å². The molecular weight excluding hydrogens is 486 g/mol. The Morgan fingerprint density at radius 3 is 1.49 bits per heavy atom. The quantitative estimate of drug-likeness (QED) is 0.0841. The van der Waals surface area contributed by atoms with Gasteiger partial charge in [-0.3, -0.25) is 4.79 Å². The fourth-order valence-corrected chi connectivity index (χ4v) is 4.68. The molecule has 0 radical (unpaired) electrons. The molecule has 0 unspecified atom stereocenters. The fraction of sp³-hybridized carbons (Fsp3) is 0.765. The molecule has 39 heavy (non-hydrogen) atoms. The van der Waals surface area contributed by atoms with E-state index in [2.05, 4.69) is 35.0 Å². The van der Waals surface area contributed by atoms with Gasteiger partial charge in [0.1, 0.15) is 0 Å². The van der Waals surface area contributed by atoms with E-state index >= 15 is 0 Å². The summed E-state index contributed by atoms with van der Waals surface area (Å²) in [6.07, 6.45) is 26.0. The highest BCUT2D eigenvalue weighted by Crippen LogP contribution is 2.18. The molecule has 1 aromatic rings. The molecule has 0 saturated heterocycles. The third kappa shape index (κ3) is 22.6. The molecule has 0 aliphatic carbocycles. The second-order valence-corrected chi connectivity index (χ2v) is 12.2. The zero-order valence-electron chi connectivity index (χ0n) is 26.2. The van der Waals surface area contributed by atoms with Crippen LogP contribution in [-0.4, -0.2) is 49.0 Å². The van der Waals surface area contributed by atoms with E-state index in [0.717, 1.165) is 36.2 Å². The number of aromatic carboxylic acids is 1. The van der Waals surface area contributed by atoms with Gasteiger partial charge in [-0.1, -0.05) is 134 Å². The van der Waals surface area contributed by atoms with Crippen molar-refractivity contribution < 1.29 is 24.3 Å². The zero-order valence-corrected chi connectivity index (χ0v) is 26.2. The molecule has 1 N–H and O–H groups in total. The Morgan fingerprint density at radius 2 is 1.08 bits per heavy atom. The standard InChI is InChI=1S/C19H42N.C15H20O4/c1-5-6-7-8-9-10-11-12-13-14-15-16-17-18-19-20(2,3)4;1-2-3-4-5-6-7-13(16)11-8-9-14(17)12(10-11)15(18)19/h5-19H2,1-4H3;8-10,17H,2-7H2,1H3,(H,18,19)/q+1;/p-1. The summed E-state index contributed by atoms with van der Waals surface area (Å²) < 4.78 is 1.12. The van der Waals surface area contributed by atoms with Gasteiger partial charge in [-0.15, -0.1) is 0 Å². The van der Waals surface area contributed by atoms with Crippen molar-refractivity contribution >= 4 is 11.8 Å². The van der Waals surface area contributed by atoms with Crippen LogP contribution in [0.5, 0.6) is 5.75 Å². The number of unbranched alkanes of at least 4 members (excludes halogenated alkanes) is 17. The number of rotatable bonds is 23. The first-order valence-electron chi connectivity index (χ1n) is 16.0. The van der Waals surface area contributed by atoms with Gasteiger partial charge in [-0.05, 0) is 25.3 Å². The maximum absolute atomic E-state index is 11.9. The van der Waals surface area contributed by atoms with Crippen molar-refractivity contribution in [1.29, 1.82) is 0 Å². The Balaban J connectivity index is 0.000000741. The molecule has 1 aromatic carbocycles. The number of carbonyl (C=O) groups excluding carboxylic acids is 1. The summed E-state index contributed by atoms with van der Waals surface area (Å²) in [6.45, 7) is 5.75. The summed E-state index contributed by atoms with van der Waals surface area (Å²) in [5.41, 5.74) is -0.0238. The zero-order chi connectivity index (χ0) is 29.4. The average Bonchev–Trinajstić information content (AvgIpc) is 2.88. The lowest BCUT2D eigenvalue weighted by atomic mass is 10.0. The third-order valence-corrected chi connectivity index (χ3v) is 7.22. The molecule has 0 spiro atoms. The number of nitrogens with zero attached hydrogens (tertiary/aromatic N) is 1. The average molecular weight is 548 g/mol. The number of benzene rings is 1. The van der Waals surface area contributed by atoms with Crippen molar-refractivity contribution in [2.45, 2.75) is 142 Å². The molecular formula is C34H61NO4. The van der Waals surface area contributed by atoms with Gasteiger partial charge in [-0.2, -0.15) is 0 Å². The minimum absolute atomic E-state index is 0.0981. The molecule has 0 fully saturated rings. The maximum atomic E-state index is 11.9. The summed E-state index contributed by atoms with van der Waals surface area (Å²) in [4.78, 5) is 22.7. The predicted octanol–water partition coefficient (Wildman–Crippen LogP) is 9.18. The van der Waals surface area contributed by atoms with E-state index in [0.29, 0.717) is 12.0 Å². The minimum Gasteiger partial charge on any atom is -0.872 e. The van der Waals surface area contributed by atoms with Gasteiger partial charge in [0.15, 0.2) is 5.78 Å². The first-order chi connectivity index (χ1) is 18.6. The molecule has 0 heterocycles. The lowest BCUT2D eigenvalue weighted by molar-refractivity contribution is -0.870. The van der Waals surface area contributed by atoms with Crippen LogP contribution in [-0.2, 0) is 0 Å². The molecule has 0 saturated carbocycles. The van der Waals surface area contributed by atoms with Crippen molar-refractivity contribution in [2.75, 3.05) is 27.7 Å². The monoisotopic (exact) mass is 547 g/mol. The molecule has 5 heteroatoms. The van der Waals surface area contributed by atoms with E-state index < -0.39 is 11.7 Å². The fourth-order valence-electron chi connectivity index (χ4n) is 4.68. The van der Waals surface area contributed by atoms with E-state index in [1.54, 1.807) is 0 Å². The predicted molar refractivity (Wildman–Crippen MR) is 164 cm³/mol. The normalized spacial score (nSPS) is 11.2. The second kappa shape index (κ2) is 24.0. The Morgan fingerprint density at radius 1 is 0.667 bits per heavy atom. The lowest BCUT2D eigenvalue weighted by Crippen LogP contribution is -2.35. The summed E-state index contributed by atoms with van der Waals surface area (Å²) in [5, 5.41) is 20.1. The molecule has 0 aliphatic heterocycles.